The molecule has 0 aliphatic heterocycles. The van der Waals surface area contributed by atoms with Crippen molar-refractivity contribution < 1.29 is 4.79 Å². The van der Waals surface area contributed by atoms with Crippen molar-refractivity contribution in [1.82, 2.24) is 10.2 Å². The molecule has 3 N–H and O–H groups in total. The molecule has 0 aliphatic rings. The van der Waals surface area contributed by atoms with Crippen molar-refractivity contribution in [1.29, 1.82) is 0 Å². The first kappa shape index (κ1) is 16.8. The number of amides is 2. The van der Waals surface area contributed by atoms with Crippen LogP contribution in [-0.4, -0.2) is 16.2 Å². The summed E-state index contributed by atoms with van der Waals surface area (Å²) in [6.07, 6.45) is 0. The first-order chi connectivity index (χ1) is 12.0. The lowest BCUT2D eigenvalue weighted by Gasteiger charge is -2.11. The van der Waals surface area contributed by atoms with E-state index in [2.05, 4.69) is 33.8 Å². The third-order valence-electron chi connectivity index (χ3n) is 4.22. The van der Waals surface area contributed by atoms with E-state index >= 15 is 0 Å². The summed E-state index contributed by atoms with van der Waals surface area (Å²) in [6, 6.07) is 13.6. The average Bonchev–Trinajstić information content (AvgIpc) is 2.91. The summed E-state index contributed by atoms with van der Waals surface area (Å²) in [5.41, 5.74) is 7.36. The van der Waals surface area contributed by atoms with E-state index in [1.165, 1.54) is 5.56 Å². The van der Waals surface area contributed by atoms with E-state index in [4.69, 9.17) is 0 Å². The smallest absolute Gasteiger partial charge is 0.307 e. The van der Waals surface area contributed by atoms with Crippen molar-refractivity contribution in [2.45, 2.75) is 27.7 Å². The predicted octanol–water partition coefficient (Wildman–Crippen LogP) is 4.95. The Morgan fingerprint density at radius 2 is 1.72 bits per heavy atom. The summed E-state index contributed by atoms with van der Waals surface area (Å²) in [5, 5.41) is 13.2. The highest BCUT2D eigenvalue weighted by Gasteiger charge is 2.16. The van der Waals surface area contributed by atoms with Gasteiger partial charge < -0.3 is 10.6 Å². The molecular weight excluding hydrogens is 312 g/mol. The molecule has 3 rings (SSSR count). The molecule has 0 saturated heterocycles. The average molecular weight is 334 g/mol. The highest BCUT2D eigenvalue weighted by Crippen LogP contribution is 2.31. The Labute approximate surface area is 147 Å². The maximum absolute atomic E-state index is 12.4. The van der Waals surface area contributed by atoms with Crippen molar-refractivity contribution in [2.75, 3.05) is 10.6 Å². The van der Waals surface area contributed by atoms with E-state index in [1.807, 2.05) is 57.2 Å². The molecule has 0 saturated carbocycles. The minimum atomic E-state index is -0.287. The van der Waals surface area contributed by atoms with E-state index in [9.17, 15) is 4.79 Å². The summed E-state index contributed by atoms with van der Waals surface area (Å²) in [7, 11) is 0. The number of hydrogen-bond acceptors (Lipinski definition) is 2. The van der Waals surface area contributed by atoms with Crippen LogP contribution in [0, 0.1) is 27.7 Å². The van der Waals surface area contributed by atoms with Crippen LogP contribution in [0.15, 0.2) is 42.5 Å². The molecule has 2 amide bonds. The summed E-state index contributed by atoms with van der Waals surface area (Å²) in [4.78, 5) is 12.4. The Bertz CT molecular complexity index is 927. The van der Waals surface area contributed by atoms with Crippen LogP contribution < -0.4 is 10.6 Å². The van der Waals surface area contributed by atoms with Gasteiger partial charge in [0.05, 0.1) is 11.4 Å². The number of nitrogens with zero attached hydrogens (tertiary/aromatic N) is 1. The van der Waals surface area contributed by atoms with Crippen molar-refractivity contribution in [2.24, 2.45) is 0 Å². The van der Waals surface area contributed by atoms with Gasteiger partial charge in [-0.1, -0.05) is 42.0 Å². The van der Waals surface area contributed by atoms with Crippen molar-refractivity contribution >= 4 is 17.4 Å². The minimum absolute atomic E-state index is 0.287. The lowest BCUT2D eigenvalue weighted by atomic mass is 10.0. The Morgan fingerprint density at radius 3 is 2.44 bits per heavy atom. The maximum atomic E-state index is 12.4. The summed E-state index contributed by atoms with van der Waals surface area (Å²) in [5.74, 6) is 0. The molecule has 1 aromatic heterocycles. The molecule has 0 atom stereocenters. The molecule has 2 aromatic carbocycles. The van der Waals surface area contributed by atoms with Crippen LogP contribution in [0.1, 0.15) is 22.4 Å². The van der Waals surface area contributed by atoms with Crippen molar-refractivity contribution in [3.63, 3.8) is 0 Å². The zero-order valence-electron chi connectivity index (χ0n) is 14.9. The number of carbonyl (C=O) groups is 1. The van der Waals surface area contributed by atoms with Gasteiger partial charge >= 0.3 is 6.03 Å². The van der Waals surface area contributed by atoms with Gasteiger partial charge in [0, 0.05) is 11.3 Å². The van der Waals surface area contributed by atoms with Gasteiger partial charge in [-0.25, -0.2) is 4.79 Å². The highest BCUT2D eigenvalue weighted by molar-refractivity contribution is 6.02. The van der Waals surface area contributed by atoms with Crippen LogP contribution in [0.25, 0.3) is 11.3 Å². The molecule has 0 fully saturated rings. The topological polar surface area (TPSA) is 69.8 Å². The lowest BCUT2D eigenvalue weighted by Crippen LogP contribution is -2.20. The molecule has 0 bridgehead atoms. The van der Waals surface area contributed by atoms with Gasteiger partial charge in [-0.3, -0.25) is 5.10 Å². The monoisotopic (exact) mass is 334 g/mol. The second kappa shape index (κ2) is 6.81. The van der Waals surface area contributed by atoms with Crippen LogP contribution in [0.3, 0.4) is 0 Å². The van der Waals surface area contributed by atoms with Gasteiger partial charge in [-0.2, -0.15) is 5.10 Å². The fraction of sp³-hybridized carbons (Fsp3) is 0.200. The number of benzene rings is 2. The third kappa shape index (κ3) is 3.55. The Balaban J connectivity index is 1.87. The first-order valence-corrected chi connectivity index (χ1v) is 8.22. The highest BCUT2D eigenvalue weighted by atomic mass is 16.2. The largest absolute Gasteiger partial charge is 0.323 e. The number of aromatic amines is 1. The molecule has 5 nitrogen and oxygen atoms in total. The van der Waals surface area contributed by atoms with Crippen molar-refractivity contribution in [3.8, 4) is 11.3 Å². The van der Waals surface area contributed by atoms with Crippen LogP contribution in [0.2, 0.25) is 0 Å². The van der Waals surface area contributed by atoms with E-state index in [1.54, 1.807) is 0 Å². The number of para-hydroxylation sites is 1. The molecular formula is C20H22N4O. The summed E-state index contributed by atoms with van der Waals surface area (Å²) in [6.45, 7) is 7.95. The second-order valence-electron chi connectivity index (χ2n) is 6.28. The standard InChI is InChI=1S/C20H22N4O/c1-12-9-10-16(14(3)11-12)19-18(15(4)23-24-19)22-20(25)21-17-8-6-5-7-13(17)2/h5-11H,1-4H3,(H,23,24)(H2,21,22,25). The Morgan fingerprint density at radius 1 is 0.960 bits per heavy atom. The number of urea groups is 1. The van der Waals surface area contributed by atoms with Crippen LogP contribution in [-0.2, 0) is 0 Å². The van der Waals surface area contributed by atoms with Gasteiger partial charge in [0.15, 0.2) is 0 Å². The zero-order valence-corrected chi connectivity index (χ0v) is 14.9. The second-order valence-corrected chi connectivity index (χ2v) is 6.28. The zero-order chi connectivity index (χ0) is 18.0. The van der Waals surface area contributed by atoms with E-state index < -0.39 is 0 Å². The number of nitrogens with one attached hydrogen (secondary N) is 3. The van der Waals surface area contributed by atoms with Gasteiger partial charge in [0.2, 0.25) is 0 Å². The number of aromatic nitrogens is 2. The number of anilines is 2. The van der Waals surface area contributed by atoms with E-state index in [0.717, 1.165) is 33.8 Å². The van der Waals surface area contributed by atoms with Crippen LogP contribution in [0.5, 0.6) is 0 Å². The van der Waals surface area contributed by atoms with Crippen LogP contribution >= 0.6 is 0 Å². The molecule has 0 radical (unpaired) electrons. The molecule has 0 spiro atoms. The molecule has 3 aromatic rings. The number of rotatable bonds is 3. The van der Waals surface area contributed by atoms with Crippen molar-refractivity contribution in [3.05, 3.63) is 64.8 Å². The predicted molar refractivity (Wildman–Crippen MR) is 102 cm³/mol. The van der Waals surface area contributed by atoms with Crippen LogP contribution in [0.4, 0.5) is 16.2 Å². The van der Waals surface area contributed by atoms with Gasteiger partial charge in [-0.15, -0.1) is 0 Å². The SMILES string of the molecule is Cc1ccc(-c2n[nH]c(C)c2NC(=O)Nc2ccccc2C)c(C)c1. The lowest BCUT2D eigenvalue weighted by molar-refractivity contribution is 0.262. The quantitative estimate of drug-likeness (QED) is 0.634. The Kier molecular flexibility index (Phi) is 4.57. The summed E-state index contributed by atoms with van der Waals surface area (Å²) >= 11 is 0. The van der Waals surface area contributed by atoms with Gasteiger partial charge in [0.1, 0.15) is 5.69 Å². The minimum Gasteiger partial charge on any atom is -0.307 e. The Hall–Kier alpha value is -3.08. The fourth-order valence-corrected chi connectivity index (χ4v) is 2.84. The number of H-pyrrole nitrogens is 1. The molecule has 25 heavy (non-hydrogen) atoms. The molecule has 128 valence electrons. The number of carbonyl (C=O) groups excluding carboxylic acids is 1. The van der Waals surface area contributed by atoms with E-state index in [-0.39, 0.29) is 6.03 Å². The first-order valence-electron chi connectivity index (χ1n) is 8.22. The fourth-order valence-electron chi connectivity index (χ4n) is 2.84. The van der Waals surface area contributed by atoms with E-state index in [0.29, 0.717) is 5.69 Å². The number of aryl methyl sites for hydroxylation is 4. The third-order valence-corrected chi connectivity index (χ3v) is 4.22. The number of hydrogen-bond donors (Lipinski definition) is 3. The summed E-state index contributed by atoms with van der Waals surface area (Å²) < 4.78 is 0. The van der Waals surface area contributed by atoms with Gasteiger partial charge in [0.25, 0.3) is 0 Å². The normalized spacial score (nSPS) is 10.6. The molecule has 0 aliphatic carbocycles. The van der Waals surface area contributed by atoms with Gasteiger partial charge in [-0.05, 0) is 44.9 Å². The molecule has 5 heteroatoms. The molecule has 0 unspecified atom stereocenters. The maximum Gasteiger partial charge on any atom is 0.323 e. The molecule has 1 heterocycles.